The van der Waals surface area contributed by atoms with Crippen LogP contribution >= 0.6 is 15.9 Å². The van der Waals surface area contributed by atoms with Crippen LogP contribution in [0.3, 0.4) is 0 Å². The lowest BCUT2D eigenvalue weighted by atomic mass is 9.99. The van der Waals surface area contributed by atoms with Gasteiger partial charge in [-0.05, 0) is 31.2 Å². The van der Waals surface area contributed by atoms with Crippen molar-refractivity contribution in [2.45, 2.75) is 13.5 Å². The molecule has 4 rings (SSSR count). The molecule has 0 saturated heterocycles. The normalized spacial score (nSPS) is 17.6. The van der Waals surface area contributed by atoms with Gasteiger partial charge in [-0.15, -0.1) is 0 Å². The minimum atomic E-state index is -0.168. The topological polar surface area (TPSA) is 67.4 Å². The van der Waals surface area contributed by atoms with Gasteiger partial charge in [-0.1, -0.05) is 33.6 Å². The first-order valence-corrected chi connectivity index (χ1v) is 8.97. The fourth-order valence-electron chi connectivity index (χ4n) is 3.13. The molecule has 2 aromatic rings. The number of ether oxygens (including phenoxy) is 1. The molecule has 2 aliphatic heterocycles. The second-order valence-corrected chi connectivity index (χ2v) is 6.61. The van der Waals surface area contributed by atoms with Crippen LogP contribution in [0.15, 0.2) is 36.4 Å². The Balaban J connectivity index is 1.84. The summed E-state index contributed by atoms with van der Waals surface area (Å²) in [6.07, 6.45) is 0. The summed E-state index contributed by atoms with van der Waals surface area (Å²) in [7, 11) is 0. The van der Waals surface area contributed by atoms with Crippen molar-refractivity contribution >= 4 is 50.5 Å². The van der Waals surface area contributed by atoms with Crippen LogP contribution in [0, 0.1) is 6.92 Å². The van der Waals surface area contributed by atoms with E-state index in [0.717, 1.165) is 27.9 Å². The smallest absolute Gasteiger partial charge is 0.260 e. The van der Waals surface area contributed by atoms with Crippen molar-refractivity contribution in [3.8, 4) is 0 Å². The second kappa shape index (κ2) is 6.04. The van der Waals surface area contributed by atoms with E-state index in [0.29, 0.717) is 23.6 Å². The maximum absolute atomic E-state index is 12.5. The van der Waals surface area contributed by atoms with Crippen LogP contribution in [0.25, 0.3) is 11.3 Å². The lowest BCUT2D eigenvalue weighted by molar-refractivity contribution is -0.113. The third kappa shape index (κ3) is 2.72. The largest absolute Gasteiger partial charge is 0.487 e. The number of hydrogen-bond donors (Lipinski definition) is 2. The van der Waals surface area contributed by atoms with E-state index < -0.39 is 0 Å². The van der Waals surface area contributed by atoms with E-state index in [1.54, 1.807) is 0 Å². The minimum Gasteiger partial charge on any atom is -0.487 e. The van der Waals surface area contributed by atoms with Gasteiger partial charge in [-0.25, -0.2) is 0 Å². The average molecular weight is 399 g/mol. The van der Waals surface area contributed by atoms with E-state index >= 15 is 0 Å². The monoisotopic (exact) mass is 398 g/mol. The van der Waals surface area contributed by atoms with Crippen molar-refractivity contribution in [2.24, 2.45) is 0 Å². The van der Waals surface area contributed by atoms with Crippen LogP contribution in [0.2, 0.25) is 0 Å². The van der Waals surface area contributed by atoms with Gasteiger partial charge in [0.1, 0.15) is 12.4 Å². The molecule has 2 aliphatic rings. The van der Waals surface area contributed by atoms with Gasteiger partial charge in [0.15, 0.2) is 0 Å². The molecule has 0 radical (unpaired) electrons. The van der Waals surface area contributed by atoms with E-state index in [1.807, 2.05) is 43.3 Å². The van der Waals surface area contributed by atoms with Crippen LogP contribution in [0.4, 0.5) is 11.4 Å². The summed E-state index contributed by atoms with van der Waals surface area (Å²) in [5, 5.41) is 5.92. The summed E-state index contributed by atoms with van der Waals surface area (Å²) in [6, 6.07) is 11.4. The Labute approximate surface area is 153 Å². The molecular formula is C19H15BrN2O3. The molecule has 0 bridgehead atoms. The van der Waals surface area contributed by atoms with Gasteiger partial charge in [0, 0.05) is 28.1 Å². The first-order chi connectivity index (χ1) is 12.1. The van der Waals surface area contributed by atoms with Gasteiger partial charge >= 0.3 is 0 Å². The minimum absolute atomic E-state index is 0.132. The molecule has 5 nitrogen and oxygen atoms in total. The van der Waals surface area contributed by atoms with E-state index in [1.165, 1.54) is 0 Å². The SMILES string of the molecule is Cc1ccc2c(c1)/C(=C1\OCc3ccc(NC(=O)CBr)cc31)C(=O)N2. The Morgan fingerprint density at radius 1 is 1.24 bits per heavy atom. The Hall–Kier alpha value is -2.60. The zero-order valence-corrected chi connectivity index (χ0v) is 15.1. The van der Waals surface area contributed by atoms with E-state index in [9.17, 15) is 9.59 Å². The molecule has 0 unspecified atom stereocenters. The van der Waals surface area contributed by atoms with E-state index in [2.05, 4.69) is 26.6 Å². The van der Waals surface area contributed by atoms with Crippen molar-refractivity contribution < 1.29 is 14.3 Å². The molecule has 6 heteroatoms. The molecule has 0 aliphatic carbocycles. The van der Waals surface area contributed by atoms with Crippen molar-refractivity contribution in [2.75, 3.05) is 16.0 Å². The number of rotatable bonds is 2. The van der Waals surface area contributed by atoms with Crippen LogP contribution in [-0.2, 0) is 20.9 Å². The summed E-state index contributed by atoms with van der Waals surface area (Å²) in [4.78, 5) is 24.1. The molecule has 0 atom stereocenters. The second-order valence-electron chi connectivity index (χ2n) is 6.05. The first kappa shape index (κ1) is 15.9. The van der Waals surface area contributed by atoms with E-state index in [4.69, 9.17) is 4.74 Å². The highest BCUT2D eigenvalue weighted by atomic mass is 79.9. The van der Waals surface area contributed by atoms with Gasteiger partial charge in [-0.2, -0.15) is 0 Å². The summed E-state index contributed by atoms with van der Waals surface area (Å²) in [6.45, 7) is 2.40. The van der Waals surface area contributed by atoms with E-state index in [-0.39, 0.29) is 17.1 Å². The lowest BCUT2D eigenvalue weighted by Gasteiger charge is -2.08. The summed E-state index contributed by atoms with van der Waals surface area (Å²) < 4.78 is 5.86. The molecule has 0 aromatic heterocycles. The van der Waals surface area contributed by atoms with Crippen molar-refractivity contribution in [1.82, 2.24) is 0 Å². The molecule has 126 valence electrons. The number of halogens is 1. The number of amides is 2. The van der Waals surface area contributed by atoms with Crippen molar-refractivity contribution in [1.29, 1.82) is 0 Å². The van der Waals surface area contributed by atoms with Gasteiger partial charge in [-0.3, -0.25) is 9.59 Å². The van der Waals surface area contributed by atoms with Crippen LogP contribution in [-0.4, -0.2) is 17.1 Å². The highest BCUT2D eigenvalue weighted by Crippen LogP contribution is 2.42. The van der Waals surface area contributed by atoms with Gasteiger partial charge < -0.3 is 15.4 Å². The Morgan fingerprint density at radius 3 is 2.88 bits per heavy atom. The fourth-order valence-corrected chi connectivity index (χ4v) is 3.27. The molecule has 25 heavy (non-hydrogen) atoms. The summed E-state index contributed by atoms with van der Waals surface area (Å²) in [5.74, 6) is 0.262. The molecular weight excluding hydrogens is 384 g/mol. The fraction of sp³-hybridized carbons (Fsp3) is 0.158. The number of carbonyl (C=O) groups excluding carboxylic acids is 2. The highest BCUT2D eigenvalue weighted by molar-refractivity contribution is 9.09. The Morgan fingerprint density at radius 2 is 2.08 bits per heavy atom. The predicted octanol–water partition coefficient (Wildman–Crippen LogP) is 3.68. The number of nitrogens with one attached hydrogen (secondary N) is 2. The number of fused-ring (bicyclic) bond motifs is 2. The van der Waals surface area contributed by atoms with Crippen LogP contribution in [0.5, 0.6) is 0 Å². The van der Waals surface area contributed by atoms with Gasteiger partial charge in [0.05, 0.1) is 10.9 Å². The number of aryl methyl sites for hydroxylation is 1. The third-order valence-corrected chi connectivity index (χ3v) is 4.79. The predicted molar refractivity (Wildman–Crippen MR) is 100 cm³/mol. The number of hydrogen-bond acceptors (Lipinski definition) is 3. The molecule has 0 fully saturated rings. The molecule has 2 amide bonds. The zero-order valence-electron chi connectivity index (χ0n) is 13.5. The quantitative estimate of drug-likeness (QED) is 0.598. The third-order valence-electron chi connectivity index (χ3n) is 4.28. The van der Waals surface area contributed by atoms with Gasteiger partial charge in [0.25, 0.3) is 5.91 Å². The maximum atomic E-state index is 12.5. The zero-order chi connectivity index (χ0) is 17.6. The summed E-state index contributed by atoms with van der Waals surface area (Å²) in [5.41, 5.74) is 5.77. The lowest BCUT2D eigenvalue weighted by Crippen LogP contribution is -2.12. The molecule has 2 N–H and O–H groups in total. The molecule has 2 heterocycles. The number of alkyl halides is 1. The maximum Gasteiger partial charge on any atom is 0.260 e. The Bertz CT molecular complexity index is 950. The number of carbonyl (C=O) groups is 2. The van der Waals surface area contributed by atoms with Gasteiger partial charge in [0.2, 0.25) is 5.91 Å². The number of benzene rings is 2. The van der Waals surface area contributed by atoms with Crippen LogP contribution in [0.1, 0.15) is 22.3 Å². The van der Waals surface area contributed by atoms with Crippen molar-refractivity contribution in [3.63, 3.8) is 0 Å². The number of anilines is 2. The van der Waals surface area contributed by atoms with Crippen molar-refractivity contribution in [3.05, 3.63) is 58.7 Å². The molecule has 2 aromatic carbocycles. The average Bonchev–Trinajstić information content (AvgIpc) is 3.14. The summed E-state index contributed by atoms with van der Waals surface area (Å²) >= 11 is 3.13. The molecule has 0 spiro atoms. The Kier molecular flexibility index (Phi) is 3.84. The first-order valence-electron chi connectivity index (χ1n) is 7.85. The standard InChI is InChI=1S/C19H15BrN2O3/c1-10-2-5-15-14(6-10)17(19(24)22-15)18-13-7-12(21-16(23)8-20)4-3-11(13)9-25-18/h2-7H,8-9H2,1H3,(H,21,23)(H,22,24)/b18-17+. The highest BCUT2D eigenvalue weighted by Gasteiger charge is 2.32. The molecule has 0 saturated carbocycles. The van der Waals surface area contributed by atoms with Crippen LogP contribution < -0.4 is 10.6 Å².